The van der Waals surface area contributed by atoms with E-state index >= 15 is 0 Å². The van der Waals surface area contributed by atoms with Crippen molar-refractivity contribution in [2.75, 3.05) is 5.43 Å². The van der Waals surface area contributed by atoms with E-state index in [1.807, 2.05) is 53.7 Å². The molecule has 0 radical (unpaired) electrons. The van der Waals surface area contributed by atoms with Gasteiger partial charge in [0.15, 0.2) is 0 Å². The topological polar surface area (TPSA) is 53.6 Å². The molecule has 1 aromatic carbocycles. The third kappa shape index (κ3) is 2.29. The molecular formula is C16H14N4. The van der Waals surface area contributed by atoms with Crippen LogP contribution in [0.5, 0.6) is 0 Å². The molecule has 2 aliphatic rings. The number of allylic oxidation sites excluding steroid dienone is 1. The fourth-order valence-corrected chi connectivity index (χ4v) is 2.20. The van der Waals surface area contributed by atoms with Crippen molar-refractivity contribution in [3.05, 3.63) is 65.5 Å². The molecular weight excluding hydrogens is 248 g/mol. The summed E-state index contributed by atoms with van der Waals surface area (Å²) in [4.78, 5) is 4.22. The van der Waals surface area contributed by atoms with E-state index in [4.69, 9.17) is 12.2 Å². The van der Waals surface area contributed by atoms with Crippen molar-refractivity contribution < 1.29 is 0 Å². The highest BCUT2D eigenvalue weighted by Crippen LogP contribution is 2.22. The second-order valence-corrected chi connectivity index (χ2v) is 4.59. The van der Waals surface area contributed by atoms with E-state index in [9.17, 15) is 0 Å². The fourth-order valence-electron chi connectivity index (χ4n) is 2.20. The summed E-state index contributed by atoms with van der Waals surface area (Å²) in [6, 6.07) is 7.77. The number of aliphatic imine (C=N–C) groups is 1. The Hall–Kier alpha value is -2.93. The van der Waals surface area contributed by atoms with Crippen LogP contribution in [0.15, 0.2) is 65.0 Å². The molecule has 0 saturated heterocycles. The van der Waals surface area contributed by atoms with Crippen LogP contribution in [0.4, 0.5) is 5.69 Å². The highest BCUT2D eigenvalue weighted by atomic mass is 15.5. The zero-order valence-electron chi connectivity index (χ0n) is 10.8. The van der Waals surface area contributed by atoms with Gasteiger partial charge in [-0.3, -0.25) is 10.4 Å². The SMILES string of the molecule is C#Cc1cccc(NN2C=NC=C3C=C(N)C=CC32)c1. The Balaban J connectivity index is 1.82. The molecule has 1 unspecified atom stereocenters. The molecule has 0 fully saturated rings. The smallest absolute Gasteiger partial charge is 0.110 e. The number of anilines is 1. The first-order valence-electron chi connectivity index (χ1n) is 6.27. The number of nitrogens with zero attached hydrogens (tertiary/aromatic N) is 2. The number of hydrazine groups is 1. The second kappa shape index (κ2) is 4.98. The average Bonchev–Trinajstić information content (AvgIpc) is 2.47. The lowest BCUT2D eigenvalue weighted by molar-refractivity contribution is 0.471. The maximum atomic E-state index is 5.80. The van der Waals surface area contributed by atoms with E-state index in [2.05, 4.69) is 16.3 Å². The van der Waals surface area contributed by atoms with Gasteiger partial charge in [0, 0.05) is 23.0 Å². The number of hydrogen-bond donors (Lipinski definition) is 2. The van der Waals surface area contributed by atoms with Crippen molar-refractivity contribution in [1.82, 2.24) is 5.01 Å². The molecule has 1 aromatic rings. The Bertz CT molecular complexity index is 689. The van der Waals surface area contributed by atoms with Gasteiger partial charge in [0.1, 0.15) is 6.34 Å². The van der Waals surface area contributed by atoms with Crippen molar-refractivity contribution in [2.45, 2.75) is 6.04 Å². The van der Waals surface area contributed by atoms with E-state index in [0.29, 0.717) is 0 Å². The number of nitrogens with one attached hydrogen (secondary N) is 1. The molecule has 1 aliphatic carbocycles. The quantitative estimate of drug-likeness (QED) is 0.802. The molecule has 1 heterocycles. The maximum Gasteiger partial charge on any atom is 0.110 e. The second-order valence-electron chi connectivity index (χ2n) is 4.59. The molecule has 0 spiro atoms. The lowest BCUT2D eigenvalue weighted by Gasteiger charge is -2.33. The highest BCUT2D eigenvalue weighted by molar-refractivity contribution is 5.66. The third-order valence-corrected chi connectivity index (χ3v) is 3.15. The molecule has 4 nitrogen and oxygen atoms in total. The summed E-state index contributed by atoms with van der Waals surface area (Å²) in [5, 5.41) is 1.92. The van der Waals surface area contributed by atoms with Crippen LogP contribution >= 0.6 is 0 Å². The Labute approximate surface area is 118 Å². The molecule has 1 aliphatic heterocycles. The van der Waals surface area contributed by atoms with Crippen molar-refractivity contribution in [3.8, 4) is 12.3 Å². The van der Waals surface area contributed by atoms with Crippen LogP contribution in [0.2, 0.25) is 0 Å². The number of benzene rings is 1. The molecule has 3 N–H and O–H groups in total. The van der Waals surface area contributed by atoms with Gasteiger partial charge in [-0.15, -0.1) is 6.42 Å². The van der Waals surface area contributed by atoms with E-state index in [1.165, 1.54) is 0 Å². The Morgan fingerprint density at radius 1 is 1.40 bits per heavy atom. The number of hydrogen-bond acceptors (Lipinski definition) is 4. The van der Waals surface area contributed by atoms with Gasteiger partial charge >= 0.3 is 0 Å². The lowest BCUT2D eigenvalue weighted by Crippen LogP contribution is -2.41. The van der Waals surface area contributed by atoms with E-state index in [0.717, 1.165) is 22.5 Å². The Morgan fingerprint density at radius 2 is 2.30 bits per heavy atom. The molecule has 0 amide bonds. The number of rotatable bonds is 2. The van der Waals surface area contributed by atoms with Crippen LogP contribution in [0.1, 0.15) is 5.56 Å². The predicted octanol–water partition coefficient (Wildman–Crippen LogP) is 2.00. The minimum atomic E-state index is 0.0780. The van der Waals surface area contributed by atoms with Crippen LogP contribution < -0.4 is 11.2 Å². The Kier molecular flexibility index (Phi) is 3.02. The molecule has 20 heavy (non-hydrogen) atoms. The number of terminal acetylenes is 1. The number of fused-ring (bicyclic) bond motifs is 1. The largest absolute Gasteiger partial charge is 0.399 e. The van der Waals surface area contributed by atoms with Crippen LogP contribution in [0.25, 0.3) is 0 Å². The van der Waals surface area contributed by atoms with Crippen molar-refractivity contribution in [1.29, 1.82) is 0 Å². The van der Waals surface area contributed by atoms with Crippen LogP contribution in [0, 0.1) is 12.3 Å². The molecule has 4 heteroatoms. The van der Waals surface area contributed by atoms with Crippen LogP contribution in [0.3, 0.4) is 0 Å². The van der Waals surface area contributed by atoms with E-state index < -0.39 is 0 Å². The summed E-state index contributed by atoms with van der Waals surface area (Å²) in [5.74, 6) is 2.62. The van der Waals surface area contributed by atoms with E-state index in [-0.39, 0.29) is 6.04 Å². The van der Waals surface area contributed by atoms with Crippen LogP contribution in [-0.2, 0) is 0 Å². The number of nitrogens with two attached hydrogens (primary N) is 1. The first kappa shape index (κ1) is 12.1. The Morgan fingerprint density at radius 3 is 3.15 bits per heavy atom. The third-order valence-electron chi connectivity index (χ3n) is 3.15. The van der Waals surface area contributed by atoms with Gasteiger partial charge in [-0.05, 0) is 30.4 Å². The normalized spacial score (nSPS) is 19.8. The average molecular weight is 262 g/mol. The van der Waals surface area contributed by atoms with Crippen molar-refractivity contribution in [3.63, 3.8) is 0 Å². The van der Waals surface area contributed by atoms with Gasteiger partial charge < -0.3 is 5.73 Å². The van der Waals surface area contributed by atoms with Gasteiger partial charge in [0.25, 0.3) is 0 Å². The molecule has 98 valence electrons. The summed E-state index contributed by atoms with van der Waals surface area (Å²) >= 11 is 0. The van der Waals surface area contributed by atoms with Crippen molar-refractivity contribution in [2.24, 2.45) is 10.7 Å². The molecule has 0 bridgehead atoms. The first-order valence-corrected chi connectivity index (χ1v) is 6.27. The molecule has 0 saturated carbocycles. The van der Waals surface area contributed by atoms with Gasteiger partial charge in [0.2, 0.25) is 0 Å². The summed E-state index contributed by atoms with van der Waals surface area (Å²) < 4.78 is 0. The van der Waals surface area contributed by atoms with Crippen molar-refractivity contribution >= 4 is 12.0 Å². The molecule has 1 atom stereocenters. The molecule has 3 rings (SSSR count). The van der Waals surface area contributed by atoms with Gasteiger partial charge in [-0.1, -0.05) is 18.1 Å². The first-order chi connectivity index (χ1) is 9.76. The zero-order valence-corrected chi connectivity index (χ0v) is 10.8. The lowest BCUT2D eigenvalue weighted by atomic mass is 10.0. The summed E-state index contributed by atoms with van der Waals surface area (Å²) in [6.45, 7) is 0. The fraction of sp³-hybridized carbons (Fsp3) is 0.0625. The maximum absolute atomic E-state index is 5.80. The highest BCUT2D eigenvalue weighted by Gasteiger charge is 2.22. The van der Waals surface area contributed by atoms with Crippen LogP contribution in [-0.4, -0.2) is 17.4 Å². The van der Waals surface area contributed by atoms with Gasteiger partial charge in [-0.2, -0.15) is 0 Å². The summed E-state index contributed by atoms with van der Waals surface area (Å²) in [7, 11) is 0. The minimum Gasteiger partial charge on any atom is -0.399 e. The standard InChI is InChI=1S/C16H14N4/c1-2-12-4-3-5-15(8-12)19-20-11-18-10-13-9-14(17)6-7-16(13)20/h1,3-11,16,19H,17H2. The monoisotopic (exact) mass is 262 g/mol. The minimum absolute atomic E-state index is 0.0780. The molecule has 0 aromatic heterocycles. The summed E-state index contributed by atoms with van der Waals surface area (Å²) in [6.07, 6.45) is 14.8. The van der Waals surface area contributed by atoms with Gasteiger partial charge in [-0.25, -0.2) is 4.99 Å². The zero-order chi connectivity index (χ0) is 13.9. The summed E-state index contributed by atoms with van der Waals surface area (Å²) in [5.41, 5.74) is 12.6. The predicted molar refractivity (Wildman–Crippen MR) is 81.6 cm³/mol. The van der Waals surface area contributed by atoms with Gasteiger partial charge in [0.05, 0.1) is 11.7 Å². The van der Waals surface area contributed by atoms with E-state index in [1.54, 1.807) is 6.34 Å².